The van der Waals surface area contributed by atoms with E-state index in [1.807, 2.05) is 30.4 Å². The Morgan fingerprint density at radius 3 is 2.68 bits per heavy atom. The number of benzene rings is 2. The minimum absolute atomic E-state index is 0.0178. The van der Waals surface area contributed by atoms with E-state index in [0.717, 1.165) is 16.1 Å². The van der Waals surface area contributed by atoms with Crippen LogP contribution in [-0.2, 0) is 9.53 Å². The van der Waals surface area contributed by atoms with Crippen LogP contribution in [0.2, 0.25) is 0 Å². The molecule has 7 heteroatoms. The van der Waals surface area contributed by atoms with Crippen LogP contribution in [-0.4, -0.2) is 55.8 Å². The normalized spacial score (nSPS) is 14.4. The molecule has 0 aliphatic carbocycles. The molecule has 0 bridgehead atoms. The third-order valence-electron chi connectivity index (χ3n) is 5.34. The predicted octanol–water partition coefficient (Wildman–Crippen LogP) is 4.33. The summed E-state index contributed by atoms with van der Waals surface area (Å²) in [7, 11) is 1.59. The molecule has 3 aromatic rings. The first kappa shape index (κ1) is 21.3. The molecule has 1 aliphatic rings. The Morgan fingerprint density at radius 2 is 1.90 bits per heavy atom. The number of aryl methyl sites for hydroxylation is 2. The van der Waals surface area contributed by atoms with E-state index in [1.54, 1.807) is 23.3 Å². The van der Waals surface area contributed by atoms with Gasteiger partial charge in [-0.05, 0) is 60.9 Å². The summed E-state index contributed by atoms with van der Waals surface area (Å²) in [4.78, 5) is 18.8. The van der Waals surface area contributed by atoms with E-state index >= 15 is 0 Å². The predicted molar refractivity (Wildman–Crippen MR) is 124 cm³/mol. The summed E-state index contributed by atoms with van der Waals surface area (Å²) in [6.07, 6.45) is 4.01. The van der Waals surface area contributed by atoms with Crippen LogP contribution in [0.4, 0.5) is 0 Å². The number of ether oxygens (including phenoxy) is 3. The number of morpholine rings is 1. The third-order valence-corrected chi connectivity index (χ3v) is 6.32. The quantitative estimate of drug-likeness (QED) is 0.573. The number of hydrogen-bond donors (Lipinski definition) is 0. The second-order valence-corrected chi connectivity index (χ2v) is 8.54. The van der Waals surface area contributed by atoms with Gasteiger partial charge in [-0.1, -0.05) is 12.1 Å². The Bertz CT molecular complexity index is 1080. The fourth-order valence-corrected chi connectivity index (χ4v) is 4.34. The summed E-state index contributed by atoms with van der Waals surface area (Å²) in [6, 6.07) is 9.98. The highest BCUT2D eigenvalue weighted by Gasteiger charge is 2.18. The number of carbonyl (C=O) groups excluding carboxylic acids is 1. The fraction of sp³-hybridized carbons (Fsp3) is 0.333. The molecule has 162 valence electrons. The Balaban J connectivity index is 1.44. The van der Waals surface area contributed by atoms with E-state index < -0.39 is 0 Å². The molecule has 0 unspecified atom stereocenters. The molecule has 31 heavy (non-hydrogen) atoms. The van der Waals surface area contributed by atoms with Crippen molar-refractivity contribution in [3.05, 3.63) is 52.0 Å². The molecule has 4 rings (SSSR count). The van der Waals surface area contributed by atoms with Crippen molar-refractivity contribution in [3.8, 4) is 11.5 Å². The lowest BCUT2D eigenvalue weighted by molar-refractivity contribution is -0.137. The molecule has 0 atom stereocenters. The number of rotatable bonds is 6. The molecule has 0 radical (unpaired) electrons. The van der Waals surface area contributed by atoms with Gasteiger partial charge in [0.2, 0.25) is 0 Å². The molecule has 2 aromatic carbocycles. The van der Waals surface area contributed by atoms with Gasteiger partial charge in [-0.25, -0.2) is 4.98 Å². The van der Waals surface area contributed by atoms with E-state index in [0.29, 0.717) is 37.8 Å². The van der Waals surface area contributed by atoms with Gasteiger partial charge in [0.15, 0.2) is 18.1 Å². The Morgan fingerprint density at radius 1 is 1.13 bits per heavy atom. The number of amides is 1. The van der Waals surface area contributed by atoms with E-state index in [9.17, 15) is 4.79 Å². The molecule has 1 aromatic heterocycles. The van der Waals surface area contributed by atoms with Gasteiger partial charge in [0, 0.05) is 13.1 Å². The summed E-state index contributed by atoms with van der Waals surface area (Å²) < 4.78 is 17.7. The van der Waals surface area contributed by atoms with Crippen LogP contribution >= 0.6 is 11.3 Å². The molecule has 1 fully saturated rings. The van der Waals surface area contributed by atoms with Crippen molar-refractivity contribution in [1.29, 1.82) is 0 Å². The van der Waals surface area contributed by atoms with Gasteiger partial charge in [0.1, 0.15) is 5.01 Å². The maximum Gasteiger partial charge on any atom is 0.260 e. The van der Waals surface area contributed by atoms with Crippen LogP contribution in [0.5, 0.6) is 11.5 Å². The van der Waals surface area contributed by atoms with Gasteiger partial charge in [-0.3, -0.25) is 4.79 Å². The van der Waals surface area contributed by atoms with Crippen molar-refractivity contribution in [2.75, 3.05) is 40.0 Å². The average molecular weight is 439 g/mol. The Labute approximate surface area is 186 Å². The SMILES string of the molecule is COc1cc(/C=C/c2nc3cc(C)c(C)cc3s2)ccc1OCC(=O)N1CCOCC1. The van der Waals surface area contributed by atoms with Crippen LogP contribution in [0.3, 0.4) is 0 Å². The fourth-order valence-electron chi connectivity index (χ4n) is 3.39. The highest BCUT2D eigenvalue weighted by molar-refractivity contribution is 7.19. The smallest absolute Gasteiger partial charge is 0.260 e. The van der Waals surface area contributed by atoms with Crippen LogP contribution < -0.4 is 9.47 Å². The lowest BCUT2D eigenvalue weighted by atomic mass is 10.1. The lowest BCUT2D eigenvalue weighted by Crippen LogP contribution is -2.43. The maximum atomic E-state index is 12.3. The van der Waals surface area contributed by atoms with Gasteiger partial charge in [0.05, 0.1) is 30.5 Å². The van der Waals surface area contributed by atoms with Gasteiger partial charge in [-0.2, -0.15) is 0 Å². The van der Waals surface area contributed by atoms with Crippen molar-refractivity contribution in [2.45, 2.75) is 13.8 Å². The zero-order chi connectivity index (χ0) is 21.8. The van der Waals surface area contributed by atoms with E-state index in [1.165, 1.54) is 15.8 Å². The van der Waals surface area contributed by atoms with Crippen molar-refractivity contribution < 1.29 is 19.0 Å². The van der Waals surface area contributed by atoms with Crippen LogP contribution in [0, 0.1) is 13.8 Å². The minimum atomic E-state index is -0.0457. The standard InChI is InChI=1S/C24H26N2O4S/c1-16-12-19-22(13-17(16)2)31-23(25-19)7-5-18-4-6-20(21(14-18)28-3)30-15-24(27)26-8-10-29-11-9-26/h4-7,12-14H,8-11,15H2,1-3H3/b7-5+. The summed E-state index contributed by atoms with van der Waals surface area (Å²) in [5, 5.41) is 0.954. The molecule has 0 N–H and O–H groups in total. The first-order chi connectivity index (χ1) is 15.0. The minimum Gasteiger partial charge on any atom is -0.493 e. The number of hydrogen-bond acceptors (Lipinski definition) is 6. The van der Waals surface area contributed by atoms with Gasteiger partial charge >= 0.3 is 0 Å². The zero-order valence-corrected chi connectivity index (χ0v) is 18.8. The summed E-state index contributed by atoms with van der Waals surface area (Å²) in [5.74, 6) is 1.09. The molecule has 1 saturated heterocycles. The largest absolute Gasteiger partial charge is 0.493 e. The molecule has 0 spiro atoms. The summed E-state index contributed by atoms with van der Waals surface area (Å²) in [6.45, 7) is 6.56. The first-order valence-electron chi connectivity index (χ1n) is 10.3. The second-order valence-electron chi connectivity index (χ2n) is 7.48. The molecule has 1 amide bonds. The highest BCUT2D eigenvalue weighted by Crippen LogP contribution is 2.30. The van der Waals surface area contributed by atoms with Gasteiger partial charge < -0.3 is 19.1 Å². The monoisotopic (exact) mass is 438 g/mol. The second kappa shape index (κ2) is 9.49. The number of aromatic nitrogens is 1. The maximum absolute atomic E-state index is 12.3. The molecule has 1 aliphatic heterocycles. The molecular formula is C24H26N2O4S. The molecular weight excluding hydrogens is 412 g/mol. The first-order valence-corrected chi connectivity index (χ1v) is 11.1. The lowest BCUT2D eigenvalue weighted by Gasteiger charge is -2.26. The van der Waals surface area contributed by atoms with Crippen LogP contribution in [0.15, 0.2) is 30.3 Å². The van der Waals surface area contributed by atoms with Gasteiger partial charge in [0.25, 0.3) is 5.91 Å². The molecule has 6 nitrogen and oxygen atoms in total. The van der Waals surface area contributed by atoms with Crippen molar-refractivity contribution >= 4 is 39.6 Å². The number of nitrogens with zero attached hydrogens (tertiary/aromatic N) is 2. The van der Waals surface area contributed by atoms with Crippen LogP contribution in [0.1, 0.15) is 21.7 Å². The van der Waals surface area contributed by atoms with Gasteiger partial charge in [-0.15, -0.1) is 11.3 Å². The molecule has 0 saturated carbocycles. The number of carbonyl (C=O) groups is 1. The van der Waals surface area contributed by atoms with Crippen molar-refractivity contribution in [2.24, 2.45) is 0 Å². The number of fused-ring (bicyclic) bond motifs is 1. The summed E-state index contributed by atoms with van der Waals surface area (Å²) in [5.41, 5.74) is 4.52. The van der Waals surface area contributed by atoms with E-state index in [-0.39, 0.29) is 12.5 Å². The average Bonchev–Trinajstić information content (AvgIpc) is 3.18. The number of methoxy groups -OCH3 is 1. The third kappa shape index (κ3) is 5.06. The van der Waals surface area contributed by atoms with Crippen molar-refractivity contribution in [1.82, 2.24) is 9.88 Å². The zero-order valence-electron chi connectivity index (χ0n) is 18.0. The Hall–Kier alpha value is -2.90. The topological polar surface area (TPSA) is 60.9 Å². The van der Waals surface area contributed by atoms with Crippen LogP contribution in [0.25, 0.3) is 22.4 Å². The summed E-state index contributed by atoms with van der Waals surface area (Å²) >= 11 is 1.67. The highest BCUT2D eigenvalue weighted by atomic mass is 32.1. The van der Waals surface area contributed by atoms with E-state index in [4.69, 9.17) is 19.2 Å². The Kier molecular flexibility index (Phi) is 6.53. The van der Waals surface area contributed by atoms with Crippen molar-refractivity contribution in [3.63, 3.8) is 0 Å². The number of thiazole rings is 1. The van der Waals surface area contributed by atoms with E-state index in [2.05, 4.69) is 26.0 Å². The molecule has 2 heterocycles.